The van der Waals surface area contributed by atoms with Gasteiger partial charge in [-0.1, -0.05) is 91.0 Å². The Morgan fingerprint density at radius 3 is 1.69 bits per heavy atom. The summed E-state index contributed by atoms with van der Waals surface area (Å²) in [5.74, 6) is 1.15. The molecule has 0 N–H and O–H groups in total. The number of para-hydroxylation sites is 1. The van der Waals surface area contributed by atoms with Crippen molar-refractivity contribution in [3.05, 3.63) is 133 Å². The van der Waals surface area contributed by atoms with Crippen molar-refractivity contribution in [2.24, 2.45) is 7.05 Å². The van der Waals surface area contributed by atoms with Gasteiger partial charge in [0.25, 0.3) is 5.82 Å². The number of benzene rings is 5. The molecule has 0 atom stereocenters. The van der Waals surface area contributed by atoms with Gasteiger partial charge >= 0.3 is 0 Å². The Kier molecular flexibility index (Phi) is 4.68. The standard InChI is InChI=1S/C37H27N2/c1-24-23-32-29-17-6-5-15-27(29)25-13-3-4-14-26(25)28-16-7-8-18-30(28)35(32)36-31-19-9-10-20-33(31)39(37(24)36)34-21-11-12-22-38(34)2/h3-23H,1-2H3/q+1. The molecule has 2 heterocycles. The van der Waals surface area contributed by atoms with E-state index in [4.69, 9.17) is 0 Å². The summed E-state index contributed by atoms with van der Waals surface area (Å²) in [6, 6.07) is 44.4. The second-order valence-electron chi connectivity index (χ2n) is 10.5. The van der Waals surface area contributed by atoms with E-state index in [1.165, 1.54) is 71.9 Å². The van der Waals surface area contributed by atoms with E-state index in [-0.39, 0.29) is 0 Å². The van der Waals surface area contributed by atoms with Crippen LogP contribution in [0.5, 0.6) is 0 Å². The number of rotatable bonds is 1. The normalized spacial score (nSPS) is 11.8. The number of aromatic nitrogens is 2. The van der Waals surface area contributed by atoms with E-state index in [9.17, 15) is 0 Å². The summed E-state index contributed by atoms with van der Waals surface area (Å²) in [5, 5.41) is 2.59. The smallest absolute Gasteiger partial charge is 0.237 e. The van der Waals surface area contributed by atoms with Gasteiger partial charge in [-0.05, 0) is 75.7 Å². The van der Waals surface area contributed by atoms with Gasteiger partial charge in [-0.25, -0.2) is 4.57 Å². The van der Waals surface area contributed by atoms with Crippen molar-refractivity contribution in [3.8, 4) is 50.3 Å². The molecule has 0 bridgehead atoms. The first-order chi connectivity index (χ1) is 19.2. The minimum atomic E-state index is 1.15. The Labute approximate surface area is 228 Å². The quantitative estimate of drug-likeness (QED) is 0.199. The molecule has 5 aromatic carbocycles. The molecule has 0 spiro atoms. The average Bonchev–Trinajstić information content (AvgIpc) is 3.32. The molecule has 0 radical (unpaired) electrons. The number of aryl methyl sites for hydroxylation is 2. The molecule has 184 valence electrons. The minimum absolute atomic E-state index is 1.15. The van der Waals surface area contributed by atoms with Crippen LogP contribution >= 0.6 is 0 Å². The van der Waals surface area contributed by atoms with Crippen molar-refractivity contribution in [1.29, 1.82) is 0 Å². The average molecular weight is 500 g/mol. The van der Waals surface area contributed by atoms with Gasteiger partial charge in [-0.15, -0.1) is 0 Å². The fourth-order valence-corrected chi connectivity index (χ4v) is 6.68. The summed E-state index contributed by atoms with van der Waals surface area (Å²) in [7, 11) is 2.13. The van der Waals surface area contributed by atoms with E-state index in [2.05, 4.69) is 151 Å². The topological polar surface area (TPSA) is 8.81 Å². The summed E-state index contributed by atoms with van der Waals surface area (Å²) in [6.07, 6.45) is 2.13. The molecule has 1 aliphatic carbocycles. The molecule has 0 amide bonds. The van der Waals surface area contributed by atoms with Gasteiger partial charge in [-0.2, -0.15) is 4.57 Å². The Bertz CT molecular complexity index is 2090. The number of nitrogens with zero attached hydrogens (tertiary/aromatic N) is 2. The zero-order valence-corrected chi connectivity index (χ0v) is 22.0. The second-order valence-corrected chi connectivity index (χ2v) is 10.5. The van der Waals surface area contributed by atoms with E-state index in [0.717, 1.165) is 5.82 Å². The molecular weight excluding hydrogens is 472 g/mol. The van der Waals surface area contributed by atoms with Crippen LogP contribution in [-0.2, 0) is 7.05 Å². The molecule has 0 saturated heterocycles. The van der Waals surface area contributed by atoms with E-state index < -0.39 is 0 Å². The van der Waals surface area contributed by atoms with Crippen molar-refractivity contribution in [1.82, 2.24) is 4.57 Å². The summed E-state index contributed by atoms with van der Waals surface area (Å²) < 4.78 is 4.66. The highest BCUT2D eigenvalue weighted by atomic mass is 15.1. The highest BCUT2D eigenvalue weighted by Gasteiger charge is 2.29. The lowest BCUT2D eigenvalue weighted by Crippen LogP contribution is -2.33. The third-order valence-electron chi connectivity index (χ3n) is 8.31. The molecular formula is C37H27N2+. The van der Waals surface area contributed by atoms with Crippen LogP contribution in [0.2, 0.25) is 0 Å². The first-order valence-corrected chi connectivity index (χ1v) is 13.5. The molecule has 39 heavy (non-hydrogen) atoms. The third-order valence-corrected chi connectivity index (χ3v) is 8.31. The Balaban J connectivity index is 1.65. The number of hydrogen-bond donors (Lipinski definition) is 0. The van der Waals surface area contributed by atoms with Gasteiger partial charge < -0.3 is 0 Å². The van der Waals surface area contributed by atoms with E-state index in [1.807, 2.05) is 0 Å². The largest absolute Gasteiger partial charge is 0.286 e. The maximum absolute atomic E-state index is 2.45. The molecule has 8 rings (SSSR count). The molecule has 0 fully saturated rings. The molecule has 0 unspecified atom stereocenters. The van der Waals surface area contributed by atoms with Gasteiger partial charge in [0.15, 0.2) is 0 Å². The van der Waals surface area contributed by atoms with Crippen molar-refractivity contribution in [3.63, 3.8) is 0 Å². The SMILES string of the molecule is Cc1cc2c(c3c4ccccc4n(-c4cccc[n+]4C)c13)-c1ccccc1-c1ccccc1-c1ccccc1-2. The number of hydrogen-bond acceptors (Lipinski definition) is 0. The van der Waals surface area contributed by atoms with Crippen LogP contribution in [0.3, 0.4) is 0 Å². The molecule has 1 aliphatic rings. The van der Waals surface area contributed by atoms with Crippen LogP contribution in [0.4, 0.5) is 0 Å². The van der Waals surface area contributed by atoms with Crippen molar-refractivity contribution in [2.75, 3.05) is 0 Å². The van der Waals surface area contributed by atoms with Gasteiger partial charge in [0, 0.05) is 22.4 Å². The fourth-order valence-electron chi connectivity index (χ4n) is 6.68. The van der Waals surface area contributed by atoms with E-state index >= 15 is 0 Å². The van der Waals surface area contributed by atoms with Gasteiger partial charge in [-0.3, -0.25) is 0 Å². The first kappa shape index (κ1) is 22.1. The highest BCUT2D eigenvalue weighted by molar-refractivity contribution is 6.21. The van der Waals surface area contributed by atoms with Crippen molar-refractivity contribution >= 4 is 21.8 Å². The van der Waals surface area contributed by atoms with Gasteiger partial charge in [0.2, 0.25) is 0 Å². The summed E-state index contributed by atoms with van der Waals surface area (Å²) in [4.78, 5) is 0. The third kappa shape index (κ3) is 3.06. The van der Waals surface area contributed by atoms with Crippen molar-refractivity contribution in [2.45, 2.75) is 6.92 Å². The molecule has 0 saturated carbocycles. The Hall–Kier alpha value is -4.95. The number of fused-ring (bicyclic) bond motifs is 12. The second kappa shape index (κ2) is 8.28. The maximum Gasteiger partial charge on any atom is 0.286 e. The van der Waals surface area contributed by atoms with Gasteiger partial charge in [0.05, 0.1) is 13.2 Å². The molecule has 7 aromatic rings. The van der Waals surface area contributed by atoms with Crippen LogP contribution in [-0.4, -0.2) is 4.57 Å². The summed E-state index contributed by atoms with van der Waals surface area (Å²) in [6.45, 7) is 2.27. The Morgan fingerprint density at radius 2 is 1.05 bits per heavy atom. The number of pyridine rings is 1. The first-order valence-electron chi connectivity index (χ1n) is 13.5. The lowest BCUT2D eigenvalue weighted by atomic mass is 9.79. The lowest BCUT2D eigenvalue weighted by Gasteiger charge is -2.24. The zero-order valence-electron chi connectivity index (χ0n) is 22.0. The van der Waals surface area contributed by atoms with Crippen LogP contribution in [0.25, 0.3) is 72.1 Å². The predicted molar refractivity (Wildman–Crippen MR) is 162 cm³/mol. The maximum atomic E-state index is 2.45. The van der Waals surface area contributed by atoms with Crippen molar-refractivity contribution < 1.29 is 4.57 Å². The van der Waals surface area contributed by atoms with Crippen LogP contribution in [0, 0.1) is 6.92 Å². The minimum Gasteiger partial charge on any atom is -0.237 e. The highest BCUT2D eigenvalue weighted by Crippen LogP contribution is 2.52. The molecule has 2 nitrogen and oxygen atoms in total. The zero-order chi connectivity index (χ0) is 26.1. The fraction of sp³-hybridized carbons (Fsp3) is 0.0541. The monoisotopic (exact) mass is 499 g/mol. The van der Waals surface area contributed by atoms with E-state index in [1.54, 1.807) is 0 Å². The van der Waals surface area contributed by atoms with Crippen LogP contribution in [0.15, 0.2) is 128 Å². The predicted octanol–water partition coefficient (Wildman–Crippen LogP) is 8.90. The summed E-state index contributed by atoms with van der Waals surface area (Å²) >= 11 is 0. The Morgan fingerprint density at radius 1 is 0.538 bits per heavy atom. The van der Waals surface area contributed by atoms with E-state index in [0.29, 0.717) is 0 Å². The van der Waals surface area contributed by atoms with Gasteiger partial charge in [0.1, 0.15) is 11.0 Å². The molecule has 2 aromatic heterocycles. The molecule has 0 aliphatic heterocycles. The van der Waals surface area contributed by atoms with Crippen LogP contribution in [0.1, 0.15) is 5.56 Å². The summed E-state index contributed by atoms with van der Waals surface area (Å²) in [5.41, 5.74) is 14.0. The lowest BCUT2D eigenvalue weighted by molar-refractivity contribution is -0.665. The molecule has 2 heteroatoms. The van der Waals surface area contributed by atoms with Crippen LogP contribution < -0.4 is 4.57 Å².